The van der Waals surface area contributed by atoms with Crippen molar-refractivity contribution < 1.29 is 24.5 Å². The number of cyclic esters (lactones) is 1. The van der Waals surface area contributed by atoms with E-state index in [4.69, 9.17) is 4.74 Å². The van der Waals surface area contributed by atoms with Gasteiger partial charge in [0.05, 0.1) is 5.56 Å². The number of carboxylic acids is 1. The smallest absolute Gasteiger partial charge is 0.342 e. The Morgan fingerprint density at radius 2 is 1.85 bits per heavy atom. The molecule has 0 amide bonds. The summed E-state index contributed by atoms with van der Waals surface area (Å²) < 4.78 is 5.05. The topological polar surface area (TPSA) is 83.8 Å². The minimum atomic E-state index is -0.983. The van der Waals surface area contributed by atoms with Crippen LogP contribution in [0.4, 0.5) is 0 Å². The molecule has 2 aromatic carbocycles. The Hall–Kier alpha value is -3.08. The minimum absolute atomic E-state index is 0.0406. The second-order valence-corrected chi connectivity index (χ2v) is 6.45. The van der Waals surface area contributed by atoms with Gasteiger partial charge in [0, 0.05) is 11.1 Å². The van der Waals surface area contributed by atoms with Crippen molar-refractivity contribution in [2.45, 2.75) is 33.8 Å². The van der Waals surface area contributed by atoms with Crippen LogP contribution in [0.3, 0.4) is 0 Å². The van der Waals surface area contributed by atoms with Gasteiger partial charge in [0.25, 0.3) is 0 Å². The average Bonchev–Trinajstić information content (AvgIpc) is 3.01. The molecule has 5 heteroatoms. The number of fused-ring (bicyclic) bond motifs is 1. The molecule has 2 N–H and O–H groups in total. The zero-order valence-corrected chi connectivity index (χ0v) is 14.9. The third-order valence-corrected chi connectivity index (χ3v) is 5.04. The highest BCUT2D eigenvalue weighted by molar-refractivity contribution is 5.97. The van der Waals surface area contributed by atoms with Crippen LogP contribution >= 0.6 is 0 Å². The van der Waals surface area contributed by atoms with Crippen molar-refractivity contribution in [1.82, 2.24) is 0 Å². The van der Waals surface area contributed by atoms with Crippen molar-refractivity contribution in [3.05, 3.63) is 69.3 Å². The number of phenolic OH excluding ortho intramolecular Hbond substituents is 1. The molecule has 0 aliphatic carbocycles. The van der Waals surface area contributed by atoms with Crippen LogP contribution in [0.25, 0.3) is 5.57 Å². The number of phenols is 1. The summed E-state index contributed by atoms with van der Waals surface area (Å²) in [5.74, 6) is -1.52. The lowest BCUT2D eigenvalue weighted by molar-refractivity contribution is 0.0532. The third kappa shape index (κ3) is 2.86. The number of aromatic carboxylic acids is 1. The van der Waals surface area contributed by atoms with Crippen LogP contribution in [0.15, 0.2) is 30.3 Å². The molecule has 0 saturated carbocycles. The number of hydrogen-bond donors (Lipinski definition) is 2. The fourth-order valence-electron chi connectivity index (χ4n) is 3.35. The summed E-state index contributed by atoms with van der Waals surface area (Å²) in [4.78, 5) is 23.3. The Kier molecular flexibility index (Phi) is 4.55. The summed E-state index contributed by atoms with van der Waals surface area (Å²) >= 11 is 0. The van der Waals surface area contributed by atoms with Gasteiger partial charge in [-0.15, -0.1) is 0 Å². The van der Waals surface area contributed by atoms with E-state index in [0.717, 1.165) is 22.3 Å². The fraction of sp³-hybridized carbons (Fsp3) is 0.238. The quantitative estimate of drug-likeness (QED) is 0.812. The number of ether oxygens (including phenoxy) is 1. The number of rotatable bonds is 4. The van der Waals surface area contributed by atoms with Crippen LogP contribution in [-0.4, -0.2) is 22.2 Å². The molecule has 0 fully saturated rings. The van der Waals surface area contributed by atoms with Gasteiger partial charge >= 0.3 is 11.9 Å². The zero-order valence-electron chi connectivity index (χ0n) is 14.9. The van der Waals surface area contributed by atoms with E-state index < -0.39 is 11.9 Å². The molecule has 1 aliphatic rings. The van der Waals surface area contributed by atoms with E-state index in [2.05, 4.69) is 0 Å². The van der Waals surface area contributed by atoms with E-state index in [1.165, 1.54) is 0 Å². The molecular formula is C21H20O5. The lowest BCUT2D eigenvalue weighted by Crippen LogP contribution is -2.03. The van der Waals surface area contributed by atoms with E-state index in [-0.39, 0.29) is 23.5 Å². The minimum Gasteiger partial charge on any atom is -0.507 e. The van der Waals surface area contributed by atoms with Gasteiger partial charge in [-0.05, 0) is 55.5 Å². The largest absolute Gasteiger partial charge is 0.507 e. The van der Waals surface area contributed by atoms with Gasteiger partial charge < -0.3 is 14.9 Å². The summed E-state index contributed by atoms with van der Waals surface area (Å²) in [5.41, 5.74) is 5.16. The molecule has 0 bridgehead atoms. The molecule has 5 nitrogen and oxygen atoms in total. The Bertz CT molecular complexity index is 953. The lowest BCUT2D eigenvalue weighted by Gasteiger charge is -2.14. The first kappa shape index (κ1) is 17.7. The Labute approximate surface area is 151 Å². The summed E-state index contributed by atoms with van der Waals surface area (Å²) in [6.45, 7) is 5.84. The standard InChI is InChI=1S/C21H20O5/c1-11(14-6-4-5-7-16(14)20(23)24)8-9-15-12(2)13(3)17-10-26-21(25)18(17)19(15)22/h4-8,22H,9-10H2,1-3H3,(H,23,24)/b11-8+. The maximum atomic E-state index is 11.9. The highest BCUT2D eigenvalue weighted by atomic mass is 16.5. The molecular weight excluding hydrogens is 332 g/mol. The van der Waals surface area contributed by atoms with E-state index >= 15 is 0 Å². The predicted octanol–water partition coefficient (Wildman–Crippen LogP) is 4.02. The van der Waals surface area contributed by atoms with Gasteiger partial charge in [0.1, 0.15) is 17.9 Å². The third-order valence-electron chi connectivity index (χ3n) is 5.04. The highest BCUT2D eigenvalue weighted by Crippen LogP contribution is 2.37. The molecule has 1 heterocycles. The van der Waals surface area contributed by atoms with Gasteiger partial charge in [-0.25, -0.2) is 9.59 Å². The number of carbonyl (C=O) groups is 2. The summed E-state index contributed by atoms with van der Waals surface area (Å²) in [6.07, 6.45) is 2.26. The van der Waals surface area contributed by atoms with E-state index in [9.17, 15) is 19.8 Å². The lowest BCUT2D eigenvalue weighted by atomic mass is 9.90. The molecule has 0 atom stereocenters. The van der Waals surface area contributed by atoms with Crippen LogP contribution < -0.4 is 0 Å². The van der Waals surface area contributed by atoms with E-state index in [1.54, 1.807) is 24.3 Å². The molecule has 0 aromatic heterocycles. The molecule has 0 spiro atoms. The second kappa shape index (κ2) is 6.67. The number of hydrogen-bond acceptors (Lipinski definition) is 4. The molecule has 0 radical (unpaired) electrons. The maximum Gasteiger partial charge on any atom is 0.342 e. The van der Waals surface area contributed by atoms with E-state index in [0.29, 0.717) is 17.5 Å². The SMILES string of the molecule is C/C(=C\Cc1c(C)c(C)c2c(c1O)C(=O)OC2)c1ccccc1C(=O)O. The van der Waals surface area contributed by atoms with Crippen molar-refractivity contribution in [3.63, 3.8) is 0 Å². The monoisotopic (exact) mass is 352 g/mol. The fourth-order valence-corrected chi connectivity index (χ4v) is 3.35. The average molecular weight is 352 g/mol. The first-order valence-corrected chi connectivity index (χ1v) is 8.33. The normalized spacial score (nSPS) is 13.5. The predicted molar refractivity (Wildman–Crippen MR) is 97.5 cm³/mol. The van der Waals surface area contributed by atoms with Crippen molar-refractivity contribution >= 4 is 17.5 Å². The van der Waals surface area contributed by atoms with Crippen LogP contribution in [0, 0.1) is 13.8 Å². The van der Waals surface area contributed by atoms with Crippen molar-refractivity contribution in [1.29, 1.82) is 0 Å². The molecule has 134 valence electrons. The van der Waals surface area contributed by atoms with Crippen LogP contribution in [0.2, 0.25) is 0 Å². The van der Waals surface area contributed by atoms with Gasteiger partial charge in [0.15, 0.2) is 0 Å². The molecule has 2 aromatic rings. The molecule has 0 saturated heterocycles. The Balaban J connectivity index is 2.02. The molecule has 0 unspecified atom stereocenters. The number of aromatic hydroxyl groups is 1. The van der Waals surface area contributed by atoms with Gasteiger partial charge in [-0.2, -0.15) is 0 Å². The molecule has 26 heavy (non-hydrogen) atoms. The van der Waals surface area contributed by atoms with E-state index in [1.807, 2.05) is 26.8 Å². The van der Waals surface area contributed by atoms with Crippen LogP contribution in [0.5, 0.6) is 5.75 Å². The van der Waals surface area contributed by atoms with Gasteiger partial charge in [0.2, 0.25) is 0 Å². The highest BCUT2D eigenvalue weighted by Gasteiger charge is 2.30. The summed E-state index contributed by atoms with van der Waals surface area (Å²) in [6, 6.07) is 6.80. The van der Waals surface area contributed by atoms with Crippen molar-refractivity contribution in [2.75, 3.05) is 0 Å². The Morgan fingerprint density at radius 1 is 1.19 bits per heavy atom. The van der Waals surface area contributed by atoms with Gasteiger partial charge in [-0.1, -0.05) is 24.3 Å². The van der Waals surface area contributed by atoms with Gasteiger partial charge in [-0.3, -0.25) is 0 Å². The number of benzene rings is 2. The van der Waals surface area contributed by atoms with Crippen LogP contribution in [-0.2, 0) is 17.8 Å². The first-order chi connectivity index (χ1) is 12.3. The number of allylic oxidation sites excluding steroid dienone is 2. The zero-order chi connectivity index (χ0) is 19.0. The maximum absolute atomic E-state index is 11.9. The number of carbonyl (C=O) groups excluding carboxylic acids is 1. The van der Waals surface area contributed by atoms with Crippen molar-refractivity contribution in [3.8, 4) is 5.75 Å². The number of carboxylic acid groups (broad SMARTS) is 1. The Morgan fingerprint density at radius 3 is 2.50 bits per heavy atom. The van der Waals surface area contributed by atoms with Crippen LogP contribution in [0.1, 0.15) is 55.5 Å². The first-order valence-electron chi connectivity index (χ1n) is 8.33. The van der Waals surface area contributed by atoms with Crippen molar-refractivity contribution in [2.24, 2.45) is 0 Å². The molecule has 1 aliphatic heterocycles. The summed E-state index contributed by atoms with van der Waals surface area (Å²) in [5, 5.41) is 19.9. The number of esters is 1. The molecule has 3 rings (SSSR count). The second-order valence-electron chi connectivity index (χ2n) is 6.45. The summed E-state index contributed by atoms with van der Waals surface area (Å²) in [7, 11) is 0.